The summed E-state index contributed by atoms with van der Waals surface area (Å²) in [7, 11) is 0. The molecule has 1 atom stereocenters. The number of halogens is 1. The van der Waals surface area contributed by atoms with Gasteiger partial charge in [-0.05, 0) is 31.5 Å². The van der Waals surface area contributed by atoms with Crippen molar-refractivity contribution in [1.82, 2.24) is 10.3 Å². The minimum atomic E-state index is 0.482. The third-order valence-electron chi connectivity index (χ3n) is 2.40. The number of rotatable bonds is 2. The molecule has 14 heavy (non-hydrogen) atoms. The average molecular weight is 212 g/mol. The van der Waals surface area contributed by atoms with E-state index in [1.165, 1.54) is 0 Å². The van der Waals surface area contributed by atoms with Crippen molar-refractivity contribution < 1.29 is 0 Å². The Balaban J connectivity index is 2.10. The van der Waals surface area contributed by atoms with Crippen LogP contribution in [0.15, 0.2) is 12.3 Å². The lowest BCUT2D eigenvalue weighted by atomic mass is 10.2. The molecule has 0 bridgehead atoms. The van der Waals surface area contributed by atoms with Crippen molar-refractivity contribution in [2.45, 2.75) is 19.4 Å². The fourth-order valence-electron chi connectivity index (χ4n) is 1.65. The summed E-state index contributed by atoms with van der Waals surface area (Å²) >= 11 is 5.98. The molecule has 0 amide bonds. The number of anilines is 1. The summed E-state index contributed by atoms with van der Waals surface area (Å²) in [6, 6.07) is 2.52. The Kier molecular flexibility index (Phi) is 2.89. The van der Waals surface area contributed by atoms with E-state index in [-0.39, 0.29) is 0 Å². The largest absolute Gasteiger partial charge is 0.378 e. The third-order valence-corrected chi connectivity index (χ3v) is 2.70. The Morgan fingerprint density at radius 1 is 1.64 bits per heavy atom. The van der Waals surface area contributed by atoms with Gasteiger partial charge >= 0.3 is 0 Å². The van der Waals surface area contributed by atoms with Crippen molar-refractivity contribution in [1.29, 1.82) is 0 Å². The van der Waals surface area contributed by atoms with Crippen molar-refractivity contribution in [2.75, 3.05) is 18.4 Å². The third kappa shape index (κ3) is 2.16. The molecule has 1 aliphatic rings. The predicted molar refractivity (Wildman–Crippen MR) is 58.9 cm³/mol. The molecule has 4 heteroatoms. The highest BCUT2D eigenvalue weighted by Crippen LogP contribution is 2.21. The van der Waals surface area contributed by atoms with Gasteiger partial charge in [-0.25, -0.2) is 4.98 Å². The smallest absolute Gasteiger partial charge is 0.152 e. The van der Waals surface area contributed by atoms with E-state index in [1.54, 1.807) is 6.20 Å². The Hall–Kier alpha value is -0.800. The number of hydrogen-bond donors (Lipinski definition) is 2. The number of aromatic nitrogens is 1. The van der Waals surface area contributed by atoms with Crippen molar-refractivity contribution in [3.63, 3.8) is 0 Å². The maximum absolute atomic E-state index is 5.98. The molecule has 2 rings (SSSR count). The first-order valence-electron chi connectivity index (χ1n) is 4.85. The number of nitrogens with one attached hydrogen (secondary N) is 2. The quantitative estimate of drug-likeness (QED) is 0.733. The Morgan fingerprint density at radius 3 is 3.21 bits per heavy atom. The molecule has 0 saturated carbocycles. The molecule has 3 nitrogen and oxygen atoms in total. The van der Waals surface area contributed by atoms with Gasteiger partial charge < -0.3 is 10.6 Å². The second-order valence-corrected chi connectivity index (χ2v) is 4.04. The lowest BCUT2D eigenvalue weighted by Crippen LogP contribution is -2.22. The first-order chi connectivity index (χ1) is 6.75. The number of pyridine rings is 1. The molecule has 1 saturated heterocycles. The van der Waals surface area contributed by atoms with Crippen LogP contribution in [0.5, 0.6) is 0 Å². The van der Waals surface area contributed by atoms with Crippen LogP contribution in [-0.2, 0) is 0 Å². The SMILES string of the molecule is Cc1cnc(Cl)c(NC2CCNC2)c1. The summed E-state index contributed by atoms with van der Waals surface area (Å²) in [5.74, 6) is 0. The summed E-state index contributed by atoms with van der Waals surface area (Å²) in [4.78, 5) is 4.10. The van der Waals surface area contributed by atoms with Gasteiger partial charge in [-0.1, -0.05) is 11.6 Å². The topological polar surface area (TPSA) is 37.0 Å². The average Bonchev–Trinajstić information content (AvgIpc) is 2.64. The molecule has 2 heterocycles. The highest BCUT2D eigenvalue weighted by Gasteiger charge is 2.15. The second kappa shape index (κ2) is 4.15. The van der Waals surface area contributed by atoms with Gasteiger partial charge in [0.25, 0.3) is 0 Å². The molecule has 0 radical (unpaired) electrons. The van der Waals surface area contributed by atoms with E-state index in [4.69, 9.17) is 11.6 Å². The van der Waals surface area contributed by atoms with Crippen LogP contribution >= 0.6 is 11.6 Å². The van der Waals surface area contributed by atoms with Crippen LogP contribution in [0.4, 0.5) is 5.69 Å². The maximum atomic E-state index is 5.98. The number of aryl methyl sites for hydroxylation is 1. The van der Waals surface area contributed by atoms with Crippen LogP contribution in [0, 0.1) is 6.92 Å². The van der Waals surface area contributed by atoms with Crippen LogP contribution in [0.3, 0.4) is 0 Å². The first kappa shape index (κ1) is 9.74. The molecule has 1 aliphatic heterocycles. The minimum absolute atomic E-state index is 0.482. The monoisotopic (exact) mass is 211 g/mol. The van der Waals surface area contributed by atoms with Crippen molar-refractivity contribution in [3.8, 4) is 0 Å². The minimum Gasteiger partial charge on any atom is -0.378 e. The van der Waals surface area contributed by atoms with E-state index in [9.17, 15) is 0 Å². The lowest BCUT2D eigenvalue weighted by molar-refractivity contribution is 0.792. The van der Waals surface area contributed by atoms with Gasteiger partial charge in [-0.2, -0.15) is 0 Å². The van der Waals surface area contributed by atoms with Crippen molar-refractivity contribution in [2.24, 2.45) is 0 Å². The Morgan fingerprint density at radius 2 is 2.50 bits per heavy atom. The zero-order valence-electron chi connectivity index (χ0n) is 8.18. The number of hydrogen-bond acceptors (Lipinski definition) is 3. The molecule has 0 aromatic carbocycles. The standard InChI is InChI=1S/C10H14ClN3/c1-7-4-9(10(11)13-5-7)14-8-2-3-12-6-8/h4-5,8,12,14H,2-3,6H2,1H3. The van der Waals surface area contributed by atoms with E-state index < -0.39 is 0 Å². The summed E-state index contributed by atoms with van der Waals surface area (Å²) in [5.41, 5.74) is 2.07. The molecule has 0 spiro atoms. The summed E-state index contributed by atoms with van der Waals surface area (Å²) in [6.07, 6.45) is 2.92. The molecule has 1 aromatic rings. The van der Waals surface area contributed by atoms with E-state index in [0.29, 0.717) is 11.2 Å². The number of nitrogens with zero attached hydrogens (tertiary/aromatic N) is 1. The maximum Gasteiger partial charge on any atom is 0.152 e. The lowest BCUT2D eigenvalue weighted by Gasteiger charge is -2.13. The summed E-state index contributed by atoms with van der Waals surface area (Å²) in [6.45, 7) is 4.10. The fraction of sp³-hybridized carbons (Fsp3) is 0.500. The van der Waals surface area contributed by atoms with Crippen molar-refractivity contribution >= 4 is 17.3 Å². The first-order valence-corrected chi connectivity index (χ1v) is 5.23. The predicted octanol–water partition coefficient (Wildman–Crippen LogP) is 1.82. The van der Waals surface area contributed by atoms with Crippen LogP contribution in [-0.4, -0.2) is 24.1 Å². The molecule has 1 unspecified atom stereocenters. The Labute approximate surface area is 88.9 Å². The van der Waals surface area contributed by atoms with Gasteiger partial charge in [0.1, 0.15) is 0 Å². The van der Waals surface area contributed by atoms with Gasteiger partial charge in [0.05, 0.1) is 5.69 Å². The van der Waals surface area contributed by atoms with Gasteiger partial charge in [-0.3, -0.25) is 0 Å². The fourth-order valence-corrected chi connectivity index (χ4v) is 1.81. The van der Waals surface area contributed by atoms with Gasteiger partial charge in [0, 0.05) is 18.8 Å². The van der Waals surface area contributed by atoms with E-state index >= 15 is 0 Å². The highest BCUT2D eigenvalue weighted by atomic mass is 35.5. The van der Waals surface area contributed by atoms with Gasteiger partial charge in [-0.15, -0.1) is 0 Å². The van der Waals surface area contributed by atoms with Gasteiger partial charge in [0.2, 0.25) is 0 Å². The summed E-state index contributed by atoms with van der Waals surface area (Å²) < 4.78 is 0. The molecule has 0 aliphatic carbocycles. The van der Waals surface area contributed by atoms with E-state index in [1.807, 2.05) is 13.0 Å². The van der Waals surface area contributed by atoms with E-state index in [0.717, 1.165) is 30.8 Å². The van der Waals surface area contributed by atoms with Crippen LogP contribution in [0.1, 0.15) is 12.0 Å². The second-order valence-electron chi connectivity index (χ2n) is 3.69. The van der Waals surface area contributed by atoms with Crippen LogP contribution in [0.2, 0.25) is 5.15 Å². The van der Waals surface area contributed by atoms with Crippen LogP contribution in [0.25, 0.3) is 0 Å². The normalized spacial score (nSPS) is 21.1. The molecule has 76 valence electrons. The molecule has 1 aromatic heterocycles. The molecular weight excluding hydrogens is 198 g/mol. The van der Waals surface area contributed by atoms with Crippen LogP contribution < -0.4 is 10.6 Å². The summed E-state index contributed by atoms with van der Waals surface area (Å²) in [5, 5.41) is 7.25. The molecule has 2 N–H and O–H groups in total. The van der Waals surface area contributed by atoms with E-state index in [2.05, 4.69) is 15.6 Å². The zero-order chi connectivity index (χ0) is 9.97. The zero-order valence-corrected chi connectivity index (χ0v) is 8.93. The molecule has 1 fully saturated rings. The van der Waals surface area contributed by atoms with Gasteiger partial charge in [0.15, 0.2) is 5.15 Å². The van der Waals surface area contributed by atoms with Crippen molar-refractivity contribution in [3.05, 3.63) is 23.0 Å². The Bertz CT molecular complexity index is 321. The highest BCUT2D eigenvalue weighted by molar-refractivity contribution is 6.31. The molecular formula is C10H14ClN3.